The molecule has 2 atom stereocenters. The van der Waals surface area contributed by atoms with Crippen molar-refractivity contribution in [3.05, 3.63) is 29.8 Å². The topological polar surface area (TPSA) is 15.3 Å². The number of hydrogen-bond donors (Lipinski definition) is 1. The van der Waals surface area contributed by atoms with Gasteiger partial charge in [-0.05, 0) is 42.4 Å². The zero-order valence-corrected chi connectivity index (χ0v) is 14.4. The number of piperazine rings is 1. The summed E-state index contributed by atoms with van der Waals surface area (Å²) in [7, 11) is 0. The quantitative estimate of drug-likeness (QED) is 0.863. The molecule has 118 valence electrons. The molecule has 0 bridgehead atoms. The van der Waals surface area contributed by atoms with E-state index in [4.69, 9.17) is 0 Å². The van der Waals surface area contributed by atoms with E-state index >= 15 is 0 Å². The molecule has 2 unspecified atom stereocenters. The van der Waals surface area contributed by atoms with Crippen molar-refractivity contribution in [3.63, 3.8) is 0 Å². The Morgan fingerprint density at radius 1 is 1.24 bits per heavy atom. The first-order valence-corrected chi connectivity index (χ1v) is 8.61. The van der Waals surface area contributed by atoms with Crippen molar-refractivity contribution < 1.29 is 0 Å². The fourth-order valence-corrected chi connectivity index (χ4v) is 3.33. The zero-order valence-electron chi connectivity index (χ0n) is 14.4. The number of hydrogen-bond acceptors (Lipinski definition) is 2. The molecule has 1 aromatic carbocycles. The van der Waals surface area contributed by atoms with Crippen LogP contribution in [0.4, 0.5) is 5.69 Å². The SMILES string of the molecule is CCC1CNC(CC(C)C)CN1c1cccc(C(C)C)c1. The van der Waals surface area contributed by atoms with Crippen molar-refractivity contribution in [1.29, 1.82) is 0 Å². The lowest BCUT2D eigenvalue weighted by atomic mass is 9.97. The van der Waals surface area contributed by atoms with E-state index in [0.29, 0.717) is 18.0 Å². The van der Waals surface area contributed by atoms with E-state index < -0.39 is 0 Å². The van der Waals surface area contributed by atoms with Gasteiger partial charge >= 0.3 is 0 Å². The predicted molar refractivity (Wildman–Crippen MR) is 93.2 cm³/mol. The summed E-state index contributed by atoms with van der Waals surface area (Å²) >= 11 is 0. The summed E-state index contributed by atoms with van der Waals surface area (Å²) in [5.74, 6) is 1.35. The standard InChI is InChI=1S/C19H32N2/c1-6-18-12-20-17(10-14(2)3)13-21(18)19-9-7-8-16(11-19)15(4)5/h7-9,11,14-15,17-18,20H,6,10,12-13H2,1-5H3. The smallest absolute Gasteiger partial charge is 0.0412 e. The van der Waals surface area contributed by atoms with E-state index in [-0.39, 0.29) is 0 Å². The Labute approximate surface area is 130 Å². The van der Waals surface area contributed by atoms with Gasteiger partial charge in [-0.3, -0.25) is 0 Å². The minimum Gasteiger partial charge on any atom is -0.366 e. The van der Waals surface area contributed by atoms with Gasteiger partial charge in [-0.1, -0.05) is 46.8 Å². The molecule has 2 rings (SSSR count). The van der Waals surface area contributed by atoms with Crippen LogP contribution in [0.5, 0.6) is 0 Å². The van der Waals surface area contributed by atoms with Gasteiger partial charge in [-0.25, -0.2) is 0 Å². The molecule has 0 aliphatic carbocycles. The van der Waals surface area contributed by atoms with Gasteiger partial charge in [0.2, 0.25) is 0 Å². The number of rotatable bonds is 5. The highest BCUT2D eigenvalue weighted by molar-refractivity contribution is 5.51. The first-order valence-electron chi connectivity index (χ1n) is 8.61. The van der Waals surface area contributed by atoms with Crippen LogP contribution < -0.4 is 10.2 Å². The minimum absolute atomic E-state index is 0.597. The van der Waals surface area contributed by atoms with Crippen LogP contribution in [0, 0.1) is 5.92 Å². The molecule has 0 amide bonds. The first kappa shape index (κ1) is 16.4. The molecule has 1 saturated heterocycles. The minimum atomic E-state index is 0.597. The van der Waals surface area contributed by atoms with E-state index in [2.05, 4.69) is 69.1 Å². The molecule has 1 N–H and O–H groups in total. The maximum atomic E-state index is 3.75. The molecule has 1 aliphatic heterocycles. The fraction of sp³-hybridized carbons (Fsp3) is 0.684. The maximum absolute atomic E-state index is 3.75. The molecule has 2 heteroatoms. The molecule has 0 spiro atoms. The summed E-state index contributed by atoms with van der Waals surface area (Å²) in [6, 6.07) is 10.4. The molecule has 21 heavy (non-hydrogen) atoms. The summed E-state index contributed by atoms with van der Waals surface area (Å²) in [6.07, 6.45) is 2.46. The second kappa shape index (κ2) is 7.31. The third kappa shape index (κ3) is 4.23. The van der Waals surface area contributed by atoms with Crippen molar-refractivity contribution in [2.24, 2.45) is 5.92 Å². The van der Waals surface area contributed by atoms with E-state index in [0.717, 1.165) is 19.0 Å². The Balaban J connectivity index is 2.18. The lowest BCUT2D eigenvalue weighted by Gasteiger charge is -2.42. The third-order valence-electron chi connectivity index (χ3n) is 4.60. The normalized spacial score (nSPS) is 23.1. The molecular formula is C19H32N2. The Kier molecular flexibility index (Phi) is 5.69. The highest BCUT2D eigenvalue weighted by Crippen LogP contribution is 2.26. The monoisotopic (exact) mass is 288 g/mol. The number of benzene rings is 1. The molecule has 0 saturated carbocycles. The van der Waals surface area contributed by atoms with Crippen LogP contribution in [0.2, 0.25) is 0 Å². The first-order chi connectivity index (χ1) is 10.0. The van der Waals surface area contributed by atoms with E-state index in [9.17, 15) is 0 Å². The molecule has 0 radical (unpaired) electrons. The van der Waals surface area contributed by atoms with Gasteiger partial charge in [-0.15, -0.1) is 0 Å². The third-order valence-corrected chi connectivity index (χ3v) is 4.60. The van der Waals surface area contributed by atoms with Gasteiger partial charge in [0.1, 0.15) is 0 Å². The van der Waals surface area contributed by atoms with Crippen LogP contribution in [-0.2, 0) is 0 Å². The van der Waals surface area contributed by atoms with Gasteiger partial charge in [-0.2, -0.15) is 0 Å². The van der Waals surface area contributed by atoms with Crippen molar-refractivity contribution in [2.75, 3.05) is 18.0 Å². The molecule has 1 aliphatic rings. The molecule has 0 aromatic heterocycles. The van der Waals surface area contributed by atoms with E-state index in [1.807, 2.05) is 0 Å². The largest absolute Gasteiger partial charge is 0.366 e. The fourth-order valence-electron chi connectivity index (χ4n) is 3.33. The van der Waals surface area contributed by atoms with Gasteiger partial charge in [0.15, 0.2) is 0 Å². The highest BCUT2D eigenvalue weighted by Gasteiger charge is 2.27. The second-order valence-electron chi connectivity index (χ2n) is 7.20. The average molecular weight is 288 g/mol. The van der Waals surface area contributed by atoms with Crippen LogP contribution in [-0.4, -0.2) is 25.2 Å². The maximum Gasteiger partial charge on any atom is 0.0412 e. The Morgan fingerprint density at radius 2 is 2.00 bits per heavy atom. The molecule has 1 heterocycles. The van der Waals surface area contributed by atoms with Gasteiger partial charge in [0.05, 0.1) is 0 Å². The van der Waals surface area contributed by atoms with Crippen LogP contribution in [0.3, 0.4) is 0 Å². The van der Waals surface area contributed by atoms with E-state index in [1.54, 1.807) is 0 Å². The lowest BCUT2D eigenvalue weighted by molar-refractivity contribution is 0.343. The predicted octanol–water partition coefficient (Wildman–Crippen LogP) is 4.41. The van der Waals surface area contributed by atoms with Crippen LogP contribution >= 0.6 is 0 Å². The van der Waals surface area contributed by atoms with Gasteiger partial charge in [0, 0.05) is 30.9 Å². The summed E-state index contributed by atoms with van der Waals surface area (Å²) in [6.45, 7) is 13.7. The summed E-state index contributed by atoms with van der Waals surface area (Å²) in [4.78, 5) is 2.63. The summed E-state index contributed by atoms with van der Waals surface area (Å²) < 4.78 is 0. The van der Waals surface area contributed by atoms with Crippen molar-refractivity contribution in [1.82, 2.24) is 5.32 Å². The van der Waals surface area contributed by atoms with Crippen molar-refractivity contribution in [2.45, 2.75) is 65.5 Å². The average Bonchev–Trinajstić information content (AvgIpc) is 2.46. The van der Waals surface area contributed by atoms with Crippen LogP contribution in [0.15, 0.2) is 24.3 Å². The Hall–Kier alpha value is -1.02. The Morgan fingerprint density at radius 3 is 2.62 bits per heavy atom. The van der Waals surface area contributed by atoms with Crippen LogP contribution in [0.25, 0.3) is 0 Å². The lowest BCUT2D eigenvalue weighted by Crippen LogP contribution is -2.56. The van der Waals surface area contributed by atoms with Crippen LogP contribution in [0.1, 0.15) is 58.9 Å². The molecular weight excluding hydrogens is 256 g/mol. The highest BCUT2D eigenvalue weighted by atomic mass is 15.2. The van der Waals surface area contributed by atoms with E-state index in [1.165, 1.54) is 24.1 Å². The van der Waals surface area contributed by atoms with Crippen molar-refractivity contribution in [3.8, 4) is 0 Å². The molecule has 1 fully saturated rings. The summed E-state index contributed by atoms with van der Waals surface area (Å²) in [5, 5.41) is 3.75. The van der Waals surface area contributed by atoms with Gasteiger partial charge < -0.3 is 10.2 Å². The zero-order chi connectivity index (χ0) is 15.4. The molecule has 1 aromatic rings. The number of anilines is 1. The van der Waals surface area contributed by atoms with Gasteiger partial charge in [0.25, 0.3) is 0 Å². The Bertz CT molecular complexity index is 439. The summed E-state index contributed by atoms with van der Waals surface area (Å²) in [5.41, 5.74) is 2.85. The number of nitrogens with zero attached hydrogens (tertiary/aromatic N) is 1. The molecule has 2 nitrogen and oxygen atoms in total. The second-order valence-corrected chi connectivity index (χ2v) is 7.20. The number of nitrogens with one attached hydrogen (secondary N) is 1. The van der Waals surface area contributed by atoms with Crippen molar-refractivity contribution >= 4 is 5.69 Å².